The molecule has 0 radical (unpaired) electrons. The van der Waals surface area contributed by atoms with Crippen LogP contribution in [-0.2, 0) is 10.2 Å². The molecular formula is C16H20F2O2. The Morgan fingerprint density at radius 1 is 1.20 bits per heavy atom. The summed E-state index contributed by atoms with van der Waals surface area (Å²) < 4.78 is 38.6. The standard InChI is InChI=1S/C16H20F2O2/c1-15(2,3)14-12(18)4-10(17)5-13(14)20-11-6-16(7-11)8-19-9-16/h4-5,11H,6-9H2,1-3H3. The Morgan fingerprint density at radius 2 is 1.85 bits per heavy atom. The van der Waals surface area contributed by atoms with E-state index in [1.807, 2.05) is 20.8 Å². The first-order chi connectivity index (χ1) is 9.29. The second-order valence-corrected chi connectivity index (χ2v) is 7.15. The Hall–Kier alpha value is -1.16. The van der Waals surface area contributed by atoms with Gasteiger partial charge in [0.2, 0.25) is 0 Å². The third-order valence-electron chi connectivity index (χ3n) is 4.20. The third kappa shape index (κ3) is 2.30. The molecule has 2 fully saturated rings. The van der Waals surface area contributed by atoms with Gasteiger partial charge in [0.15, 0.2) is 0 Å². The summed E-state index contributed by atoms with van der Waals surface area (Å²) in [4.78, 5) is 0. The topological polar surface area (TPSA) is 18.5 Å². The minimum atomic E-state index is -0.591. The molecule has 2 aliphatic rings. The molecule has 0 bridgehead atoms. The quantitative estimate of drug-likeness (QED) is 0.821. The summed E-state index contributed by atoms with van der Waals surface area (Å²) in [6, 6.07) is 2.22. The van der Waals surface area contributed by atoms with Crippen molar-refractivity contribution in [3.05, 3.63) is 29.3 Å². The predicted octanol–water partition coefficient (Wildman–Crippen LogP) is 3.82. The minimum Gasteiger partial charge on any atom is -0.490 e. The van der Waals surface area contributed by atoms with E-state index in [1.54, 1.807) is 0 Å². The van der Waals surface area contributed by atoms with Gasteiger partial charge in [-0.25, -0.2) is 8.78 Å². The fourth-order valence-electron chi connectivity index (χ4n) is 3.17. The smallest absolute Gasteiger partial charge is 0.133 e. The van der Waals surface area contributed by atoms with Crippen LogP contribution in [0, 0.1) is 17.0 Å². The molecular weight excluding hydrogens is 262 g/mol. The summed E-state index contributed by atoms with van der Waals surface area (Å²) in [6.45, 7) is 7.28. The Labute approximate surface area is 118 Å². The molecule has 0 aromatic heterocycles. The van der Waals surface area contributed by atoms with Crippen LogP contribution in [0.3, 0.4) is 0 Å². The molecule has 20 heavy (non-hydrogen) atoms. The lowest BCUT2D eigenvalue weighted by Crippen LogP contribution is -2.56. The van der Waals surface area contributed by atoms with Crippen LogP contribution in [0.15, 0.2) is 12.1 Å². The normalized spacial score (nSPS) is 21.4. The number of hydrogen-bond acceptors (Lipinski definition) is 2. The summed E-state index contributed by atoms with van der Waals surface area (Å²) in [7, 11) is 0. The molecule has 1 aromatic carbocycles. The van der Waals surface area contributed by atoms with Crippen LogP contribution in [0.5, 0.6) is 5.75 Å². The van der Waals surface area contributed by atoms with Crippen molar-refractivity contribution in [3.63, 3.8) is 0 Å². The van der Waals surface area contributed by atoms with Crippen molar-refractivity contribution in [2.45, 2.75) is 45.1 Å². The van der Waals surface area contributed by atoms with Gasteiger partial charge in [-0.3, -0.25) is 0 Å². The van der Waals surface area contributed by atoms with E-state index in [0.29, 0.717) is 11.3 Å². The van der Waals surface area contributed by atoms with Crippen LogP contribution >= 0.6 is 0 Å². The highest BCUT2D eigenvalue weighted by molar-refractivity contribution is 5.40. The van der Waals surface area contributed by atoms with Gasteiger partial charge in [-0.05, 0) is 18.3 Å². The Kier molecular flexibility index (Phi) is 3.05. The lowest BCUT2D eigenvalue weighted by molar-refractivity contribution is -0.191. The maximum Gasteiger partial charge on any atom is 0.133 e. The molecule has 1 heterocycles. The van der Waals surface area contributed by atoms with Crippen LogP contribution in [-0.4, -0.2) is 19.3 Å². The summed E-state index contributed by atoms with van der Waals surface area (Å²) in [5.41, 5.74) is 0.303. The number of ether oxygens (including phenoxy) is 2. The fraction of sp³-hybridized carbons (Fsp3) is 0.625. The molecule has 1 aliphatic carbocycles. The number of benzene rings is 1. The lowest BCUT2D eigenvalue weighted by Gasteiger charge is -2.52. The average molecular weight is 282 g/mol. The van der Waals surface area contributed by atoms with Gasteiger partial charge in [0.25, 0.3) is 0 Å². The van der Waals surface area contributed by atoms with Crippen LogP contribution in [0.4, 0.5) is 8.78 Å². The van der Waals surface area contributed by atoms with E-state index < -0.39 is 17.0 Å². The molecule has 1 saturated heterocycles. The molecule has 0 amide bonds. The summed E-state index contributed by atoms with van der Waals surface area (Å²) in [5, 5.41) is 0. The number of hydrogen-bond donors (Lipinski definition) is 0. The first kappa shape index (κ1) is 13.8. The lowest BCUT2D eigenvalue weighted by atomic mass is 9.65. The first-order valence-electron chi connectivity index (χ1n) is 7.03. The Morgan fingerprint density at radius 3 is 2.35 bits per heavy atom. The van der Waals surface area contributed by atoms with Crippen molar-refractivity contribution in [1.82, 2.24) is 0 Å². The molecule has 1 spiro atoms. The summed E-state index contributed by atoms with van der Waals surface area (Å²) >= 11 is 0. The van der Waals surface area contributed by atoms with E-state index in [-0.39, 0.29) is 11.5 Å². The zero-order valence-electron chi connectivity index (χ0n) is 12.1. The molecule has 1 saturated carbocycles. The van der Waals surface area contributed by atoms with Gasteiger partial charge in [-0.15, -0.1) is 0 Å². The van der Waals surface area contributed by atoms with Crippen molar-refractivity contribution in [2.24, 2.45) is 5.41 Å². The molecule has 0 atom stereocenters. The SMILES string of the molecule is CC(C)(C)c1c(F)cc(F)cc1OC1CC2(COC2)C1. The monoisotopic (exact) mass is 282 g/mol. The van der Waals surface area contributed by atoms with Crippen molar-refractivity contribution in [2.75, 3.05) is 13.2 Å². The molecule has 110 valence electrons. The highest BCUT2D eigenvalue weighted by Gasteiger charge is 2.51. The summed E-state index contributed by atoms with van der Waals surface area (Å²) in [6.07, 6.45) is 1.87. The van der Waals surface area contributed by atoms with Crippen molar-refractivity contribution < 1.29 is 18.3 Å². The van der Waals surface area contributed by atoms with Gasteiger partial charge in [0.1, 0.15) is 23.5 Å². The predicted molar refractivity (Wildman–Crippen MR) is 72.0 cm³/mol. The van der Waals surface area contributed by atoms with Crippen LogP contribution in [0.1, 0.15) is 39.2 Å². The molecule has 4 heteroatoms. The maximum absolute atomic E-state index is 14.1. The average Bonchev–Trinajstić information content (AvgIpc) is 2.16. The highest BCUT2D eigenvalue weighted by atomic mass is 19.1. The molecule has 3 rings (SSSR count). The van der Waals surface area contributed by atoms with Crippen molar-refractivity contribution in [1.29, 1.82) is 0 Å². The Balaban J connectivity index is 1.81. The fourth-order valence-corrected chi connectivity index (χ4v) is 3.17. The molecule has 2 nitrogen and oxygen atoms in total. The van der Waals surface area contributed by atoms with Crippen LogP contribution in [0.25, 0.3) is 0 Å². The molecule has 1 aromatic rings. The Bertz CT molecular complexity index is 522. The van der Waals surface area contributed by atoms with E-state index >= 15 is 0 Å². The largest absolute Gasteiger partial charge is 0.490 e. The summed E-state index contributed by atoms with van der Waals surface area (Å²) in [5.74, 6) is -0.782. The van der Waals surface area contributed by atoms with Crippen LogP contribution in [0.2, 0.25) is 0 Å². The van der Waals surface area contributed by atoms with Gasteiger partial charge in [-0.2, -0.15) is 0 Å². The van der Waals surface area contributed by atoms with E-state index in [2.05, 4.69) is 0 Å². The molecule has 0 N–H and O–H groups in total. The van der Waals surface area contributed by atoms with Gasteiger partial charge in [0, 0.05) is 23.1 Å². The molecule has 1 aliphatic heterocycles. The van der Waals surface area contributed by atoms with E-state index in [9.17, 15) is 8.78 Å². The van der Waals surface area contributed by atoms with Crippen molar-refractivity contribution in [3.8, 4) is 5.75 Å². The maximum atomic E-state index is 14.1. The first-order valence-corrected chi connectivity index (χ1v) is 7.03. The molecule has 0 unspecified atom stereocenters. The number of rotatable bonds is 2. The van der Waals surface area contributed by atoms with Gasteiger partial charge in [-0.1, -0.05) is 20.8 Å². The van der Waals surface area contributed by atoms with E-state index in [4.69, 9.17) is 9.47 Å². The zero-order chi connectivity index (χ0) is 14.5. The highest BCUT2D eigenvalue weighted by Crippen LogP contribution is 2.49. The van der Waals surface area contributed by atoms with Crippen molar-refractivity contribution >= 4 is 0 Å². The van der Waals surface area contributed by atoms with Gasteiger partial charge < -0.3 is 9.47 Å². The zero-order valence-corrected chi connectivity index (χ0v) is 12.1. The van der Waals surface area contributed by atoms with E-state index in [1.165, 1.54) is 6.07 Å². The van der Waals surface area contributed by atoms with Gasteiger partial charge in [0.05, 0.1) is 13.2 Å². The number of halogens is 2. The third-order valence-corrected chi connectivity index (χ3v) is 4.20. The second-order valence-electron chi connectivity index (χ2n) is 7.15. The van der Waals surface area contributed by atoms with Crippen LogP contribution < -0.4 is 4.74 Å². The minimum absolute atomic E-state index is 0.0428. The van der Waals surface area contributed by atoms with Gasteiger partial charge >= 0.3 is 0 Å². The van der Waals surface area contributed by atoms with E-state index in [0.717, 1.165) is 32.1 Å². The second kappa shape index (κ2) is 4.42.